The van der Waals surface area contributed by atoms with E-state index >= 15 is 0 Å². The van der Waals surface area contributed by atoms with E-state index in [1.807, 2.05) is 36.5 Å². The molecule has 1 rings (SSSR count). The van der Waals surface area contributed by atoms with E-state index in [1.54, 1.807) is 12.2 Å². The zero-order chi connectivity index (χ0) is 51.8. The zero-order valence-electron chi connectivity index (χ0n) is 43.2. The van der Waals surface area contributed by atoms with Crippen molar-refractivity contribution in [3.8, 4) is 0 Å². The van der Waals surface area contributed by atoms with E-state index < -0.39 is 73.9 Å². The second-order valence-electron chi connectivity index (χ2n) is 17.1. The summed E-state index contributed by atoms with van der Waals surface area (Å²) in [4.78, 5) is 50.7. The molecule has 0 saturated carbocycles. The number of carboxylic acids is 1. The topological polar surface area (TPSA) is 175 Å². The van der Waals surface area contributed by atoms with Crippen molar-refractivity contribution in [3.63, 3.8) is 0 Å². The Hall–Kier alpha value is -5.14. The van der Waals surface area contributed by atoms with Gasteiger partial charge in [-0.1, -0.05) is 187 Å². The van der Waals surface area contributed by atoms with Crippen molar-refractivity contribution in [1.82, 2.24) is 0 Å². The van der Waals surface area contributed by atoms with Gasteiger partial charge >= 0.3 is 23.9 Å². The first kappa shape index (κ1) is 63.9. The van der Waals surface area contributed by atoms with E-state index in [0.717, 1.165) is 89.9 Å². The van der Waals surface area contributed by atoms with Gasteiger partial charge < -0.3 is 39.0 Å². The number of esters is 3. The number of ether oxygens (including phenoxy) is 5. The quantitative estimate of drug-likeness (QED) is 0.0229. The fraction of sp³-hybridized carbons (Fsp3) is 0.559. The van der Waals surface area contributed by atoms with Gasteiger partial charge in [0, 0.05) is 6.42 Å². The third kappa shape index (κ3) is 36.4. The zero-order valence-corrected chi connectivity index (χ0v) is 43.2. The predicted octanol–water partition coefficient (Wildman–Crippen LogP) is 12.7. The lowest BCUT2D eigenvalue weighted by Crippen LogP contribution is -2.61. The maximum Gasteiger partial charge on any atom is 0.335 e. The molecule has 12 heteroatoms. The molecule has 1 aliphatic rings. The van der Waals surface area contributed by atoms with E-state index in [2.05, 4.69) is 106 Å². The highest BCUT2D eigenvalue weighted by Crippen LogP contribution is 2.26. The average molecular weight is 989 g/mol. The Labute approximate surface area is 426 Å². The van der Waals surface area contributed by atoms with Crippen molar-refractivity contribution >= 4 is 23.9 Å². The summed E-state index contributed by atoms with van der Waals surface area (Å²) >= 11 is 0. The van der Waals surface area contributed by atoms with E-state index in [4.69, 9.17) is 23.7 Å². The molecule has 3 N–H and O–H groups in total. The highest BCUT2D eigenvalue weighted by Gasteiger charge is 2.50. The van der Waals surface area contributed by atoms with Crippen molar-refractivity contribution in [2.75, 3.05) is 13.2 Å². The fourth-order valence-electron chi connectivity index (χ4n) is 6.79. The third-order valence-electron chi connectivity index (χ3n) is 10.8. The Morgan fingerprint density at radius 3 is 1.41 bits per heavy atom. The van der Waals surface area contributed by atoms with Crippen LogP contribution in [-0.4, -0.2) is 89.2 Å². The Bertz CT molecular complexity index is 1740. The number of aliphatic carboxylic acids is 1. The Morgan fingerprint density at radius 1 is 0.493 bits per heavy atom. The number of rotatable bonds is 41. The molecule has 0 amide bonds. The minimum atomic E-state index is -1.94. The molecule has 0 radical (unpaired) electrons. The molecular formula is C59H88O12. The van der Waals surface area contributed by atoms with Gasteiger partial charge in [0.2, 0.25) is 0 Å². The lowest BCUT2D eigenvalue weighted by Gasteiger charge is -2.40. The summed E-state index contributed by atoms with van der Waals surface area (Å²) in [7, 11) is 0. The van der Waals surface area contributed by atoms with Gasteiger partial charge in [-0.15, -0.1) is 0 Å². The minimum absolute atomic E-state index is 0.0230. The number of carbonyl (C=O) groups is 4. The van der Waals surface area contributed by atoms with E-state index in [0.29, 0.717) is 19.3 Å². The molecule has 1 saturated heterocycles. The molecule has 0 spiro atoms. The molecule has 12 nitrogen and oxygen atoms in total. The Balaban J connectivity index is 2.87. The highest BCUT2D eigenvalue weighted by molar-refractivity contribution is 5.74. The molecule has 1 aliphatic heterocycles. The highest BCUT2D eigenvalue weighted by atomic mass is 16.7. The van der Waals surface area contributed by atoms with Crippen molar-refractivity contribution in [2.45, 2.75) is 199 Å². The molecule has 0 bridgehead atoms. The first-order valence-electron chi connectivity index (χ1n) is 26.2. The van der Waals surface area contributed by atoms with Crippen LogP contribution in [0.4, 0.5) is 0 Å². The summed E-state index contributed by atoms with van der Waals surface area (Å²) in [6, 6.07) is 0. The first-order chi connectivity index (χ1) is 34.6. The van der Waals surface area contributed by atoms with Gasteiger partial charge in [0.05, 0.1) is 19.4 Å². The molecule has 6 atom stereocenters. The Morgan fingerprint density at radius 2 is 0.930 bits per heavy atom. The molecule has 0 aliphatic carbocycles. The SMILES string of the molecule is CC/C=C\C/C=C\C/C=C\C/C=C\C/C=C\CC(=O)OCC(COC1OC(C(=O)O)C(O)C(O)C1OC(=O)CCCCCCC/C=C\CCCC)OC(=O)C/C=C\C/C=C\C/C=C\C/C=C\C/C=C\CC. The molecular weight excluding hydrogens is 901 g/mol. The third-order valence-corrected chi connectivity index (χ3v) is 10.8. The molecule has 6 unspecified atom stereocenters. The van der Waals surface area contributed by atoms with E-state index in [-0.39, 0.29) is 19.3 Å². The number of aliphatic hydroxyl groups is 2. The number of allylic oxidation sites excluding steroid dienone is 20. The number of hydrogen-bond acceptors (Lipinski definition) is 11. The fourth-order valence-corrected chi connectivity index (χ4v) is 6.79. The van der Waals surface area contributed by atoms with Crippen LogP contribution in [0.25, 0.3) is 0 Å². The molecule has 0 aromatic rings. The van der Waals surface area contributed by atoms with Gasteiger partial charge in [0.15, 0.2) is 24.6 Å². The predicted molar refractivity (Wildman–Crippen MR) is 284 cm³/mol. The largest absolute Gasteiger partial charge is 0.479 e. The van der Waals surface area contributed by atoms with Crippen LogP contribution in [0.15, 0.2) is 134 Å². The summed E-state index contributed by atoms with van der Waals surface area (Å²) in [5.74, 6) is -3.50. The van der Waals surface area contributed by atoms with Gasteiger partial charge in [-0.3, -0.25) is 14.4 Å². The molecule has 1 fully saturated rings. The van der Waals surface area contributed by atoms with Crippen molar-refractivity contribution < 1.29 is 58.2 Å². The van der Waals surface area contributed by atoms with Crippen molar-refractivity contribution in [3.05, 3.63) is 134 Å². The van der Waals surface area contributed by atoms with Crippen LogP contribution in [-0.2, 0) is 42.9 Å². The summed E-state index contributed by atoms with van der Waals surface area (Å²) in [6.07, 6.45) is 52.1. The lowest BCUT2D eigenvalue weighted by atomic mass is 9.98. The summed E-state index contributed by atoms with van der Waals surface area (Å²) in [6.45, 7) is 5.49. The summed E-state index contributed by atoms with van der Waals surface area (Å²) < 4.78 is 28.0. The van der Waals surface area contributed by atoms with Gasteiger partial charge in [0.1, 0.15) is 18.8 Å². The Kier molecular flexibility index (Phi) is 41.4. The average Bonchev–Trinajstić information content (AvgIpc) is 3.35. The van der Waals surface area contributed by atoms with E-state index in [1.165, 1.54) is 12.8 Å². The molecule has 71 heavy (non-hydrogen) atoms. The minimum Gasteiger partial charge on any atom is -0.479 e. The number of carboxylic acid groups (broad SMARTS) is 1. The van der Waals surface area contributed by atoms with Crippen LogP contribution in [0.5, 0.6) is 0 Å². The van der Waals surface area contributed by atoms with Crippen LogP contribution < -0.4 is 0 Å². The molecule has 396 valence electrons. The van der Waals surface area contributed by atoms with Gasteiger partial charge in [-0.25, -0.2) is 4.79 Å². The van der Waals surface area contributed by atoms with Crippen LogP contribution in [0, 0.1) is 0 Å². The second-order valence-corrected chi connectivity index (χ2v) is 17.1. The lowest BCUT2D eigenvalue weighted by molar-refractivity contribution is -0.301. The summed E-state index contributed by atoms with van der Waals surface area (Å²) in [5, 5.41) is 31.3. The van der Waals surface area contributed by atoms with Crippen LogP contribution >= 0.6 is 0 Å². The van der Waals surface area contributed by atoms with Crippen LogP contribution in [0.1, 0.15) is 162 Å². The number of hydrogen-bond donors (Lipinski definition) is 3. The van der Waals surface area contributed by atoms with Crippen LogP contribution in [0.2, 0.25) is 0 Å². The van der Waals surface area contributed by atoms with Gasteiger partial charge in [0.25, 0.3) is 0 Å². The maximum absolute atomic E-state index is 13.0. The van der Waals surface area contributed by atoms with Gasteiger partial charge in [-0.05, 0) is 89.9 Å². The monoisotopic (exact) mass is 989 g/mol. The maximum atomic E-state index is 13.0. The van der Waals surface area contributed by atoms with E-state index in [9.17, 15) is 34.5 Å². The summed E-state index contributed by atoms with van der Waals surface area (Å²) in [5.41, 5.74) is 0. The smallest absolute Gasteiger partial charge is 0.335 e. The standard InChI is InChI=1S/C59H88O12/c1-4-7-10-13-16-19-22-24-26-28-31-33-36-39-42-45-51(60)67-48-50(69-52(61)46-43-40-37-35-32-29-27-25-23-20-17-14-11-8-5-2)49-68-59-57(55(64)54(63)56(71-59)58(65)66)70-53(62)47-44-41-38-34-30-21-18-15-12-9-6-3/h7-8,10-11,15-20,24-27,31-33,35,39-40,42-43,50,54-57,59,63-64H,4-6,9,12-14,21-23,28-30,34,36-38,41,44-49H2,1-3H3,(H,65,66)/b10-7-,11-8-,18-15-,19-16-,20-17-,26-24-,27-25-,33-31-,35-32-,42-39-,43-40-. The first-order valence-corrected chi connectivity index (χ1v) is 26.2. The number of carbonyl (C=O) groups excluding carboxylic acids is 3. The van der Waals surface area contributed by atoms with Crippen LogP contribution in [0.3, 0.4) is 0 Å². The molecule has 0 aromatic carbocycles. The second kappa shape index (κ2) is 46.0. The molecule has 0 aromatic heterocycles. The number of unbranched alkanes of at least 4 members (excludes halogenated alkanes) is 7. The molecule has 1 heterocycles. The normalized spacial score (nSPS) is 19.6. The number of aliphatic hydroxyl groups excluding tert-OH is 2. The van der Waals surface area contributed by atoms with Gasteiger partial charge in [-0.2, -0.15) is 0 Å². The van der Waals surface area contributed by atoms with Crippen molar-refractivity contribution in [2.24, 2.45) is 0 Å². The van der Waals surface area contributed by atoms with Crippen molar-refractivity contribution in [1.29, 1.82) is 0 Å².